The van der Waals surface area contributed by atoms with Crippen LogP contribution in [-0.4, -0.2) is 14.2 Å². The standard InChI is InChI=1S/C18H20FNO/c1-20-18(13-8-10-17(21-2)16(19)11-13)15-9-7-12-5-3-4-6-14(12)15/h3-6,8,10-11,15,18,20H,7,9H2,1-2H3. The molecule has 0 amide bonds. The van der Waals surface area contributed by atoms with Crippen molar-refractivity contribution in [1.29, 1.82) is 0 Å². The number of rotatable bonds is 4. The Morgan fingerprint density at radius 3 is 2.76 bits per heavy atom. The Bertz CT molecular complexity index is 641. The number of halogens is 1. The molecular weight excluding hydrogens is 265 g/mol. The van der Waals surface area contributed by atoms with Crippen molar-refractivity contribution in [1.82, 2.24) is 5.32 Å². The van der Waals surface area contributed by atoms with E-state index in [0.29, 0.717) is 11.7 Å². The first-order chi connectivity index (χ1) is 10.2. The molecule has 0 radical (unpaired) electrons. The van der Waals surface area contributed by atoms with Crippen LogP contribution in [0.25, 0.3) is 0 Å². The molecule has 1 aliphatic carbocycles. The highest BCUT2D eigenvalue weighted by Crippen LogP contribution is 2.41. The van der Waals surface area contributed by atoms with E-state index in [-0.39, 0.29) is 11.9 Å². The van der Waals surface area contributed by atoms with Crippen LogP contribution in [0.15, 0.2) is 42.5 Å². The molecule has 0 saturated carbocycles. The van der Waals surface area contributed by atoms with Crippen molar-refractivity contribution in [3.05, 3.63) is 65.0 Å². The summed E-state index contributed by atoms with van der Waals surface area (Å²) in [7, 11) is 3.43. The average Bonchev–Trinajstić information content (AvgIpc) is 2.93. The maximum Gasteiger partial charge on any atom is 0.165 e. The molecule has 0 bridgehead atoms. The predicted molar refractivity (Wildman–Crippen MR) is 82.3 cm³/mol. The first-order valence-electron chi connectivity index (χ1n) is 7.33. The van der Waals surface area contributed by atoms with Gasteiger partial charge in [0.05, 0.1) is 7.11 Å². The molecule has 0 aromatic heterocycles. The second-order valence-corrected chi connectivity index (χ2v) is 5.50. The molecular formula is C18H20FNO. The van der Waals surface area contributed by atoms with Crippen LogP contribution in [0, 0.1) is 5.82 Å². The summed E-state index contributed by atoms with van der Waals surface area (Å²) < 4.78 is 19.0. The topological polar surface area (TPSA) is 21.3 Å². The van der Waals surface area contributed by atoms with Crippen LogP contribution >= 0.6 is 0 Å². The van der Waals surface area contributed by atoms with Crippen molar-refractivity contribution in [2.45, 2.75) is 24.8 Å². The number of likely N-dealkylation sites (N-methyl/N-ethyl adjacent to an activating group) is 1. The van der Waals surface area contributed by atoms with Gasteiger partial charge in [-0.2, -0.15) is 0 Å². The Balaban J connectivity index is 1.95. The van der Waals surface area contributed by atoms with Gasteiger partial charge in [0.2, 0.25) is 0 Å². The van der Waals surface area contributed by atoms with Gasteiger partial charge in [-0.3, -0.25) is 0 Å². The van der Waals surface area contributed by atoms with Gasteiger partial charge in [-0.25, -0.2) is 4.39 Å². The minimum absolute atomic E-state index is 0.119. The largest absolute Gasteiger partial charge is 0.494 e. The number of aryl methyl sites for hydroxylation is 1. The molecule has 2 aromatic carbocycles. The van der Waals surface area contributed by atoms with Crippen LogP contribution in [0.5, 0.6) is 5.75 Å². The average molecular weight is 285 g/mol. The van der Waals surface area contributed by atoms with Crippen molar-refractivity contribution >= 4 is 0 Å². The van der Waals surface area contributed by atoms with Crippen LogP contribution in [0.4, 0.5) is 4.39 Å². The van der Waals surface area contributed by atoms with Gasteiger partial charge < -0.3 is 10.1 Å². The third-order valence-electron chi connectivity index (χ3n) is 4.43. The third-order valence-corrected chi connectivity index (χ3v) is 4.43. The van der Waals surface area contributed by atoms with Gasteiger partial charge in [-0.05, 0) is 48.7 Å². The summed E-state index contributed by atoms with van der Waals surface area (Å²) in [6, 6.07) is 13.9. The molecule has 2 unspecified atom stereocenters. The summed E-state index contributed by atoms with van der Waals surface area (Å²) in [6.45, 7) is 0. The number of fused-ring (bicyclic) bond motifs is 1. The van der Waals surface area contributed by atoms with E-state index in [9.17, 15) is 4.39 Å². The van der Waals surface area contributed by atoms with Crippen LogP contribution < -0.4 is 10.1 Å². The molecule has 3 rings (SSSR count). The van der Waals surface area contributed by atoms with Crippen LogP contribution in [0.1, 0.15) is 35.1 Å². The summed E-state index contributed by atoms with van der Waals surface area (Å²) in [4.78, 5) is 0. The minimum Gasteiger partial charge on any atom is -0.494 e. The van der Waals surface area contributed by atoms with Gasteiger partial charge in [0, 0.05) is 12.0 Å². The van der Waals surface area contributed by atoms with E-state index < -0.39 is 0 Å². The highest BCUT2D eigenvalue weighted by molar-refractivity contribution is 5.39. The molecule has 110 valence electrons. The van der Waals surface area contributed by atoms with Crippen molar-refractivity contribution < 1.29 is 9.13 Å². The van der Waals surface area contributed by atoms with Crippen molar-refractivity contribution in [2.24, 2.45) is 0 Å². The van der Waals surface area contributed by atoms with E-state index in [0.717, 1.165) is 18.4 Å². The fraction of sp³-hybridized carbons (Fsp3) is 0.333. The Hall–Kier alpha value is -1.87. The lowest BCUT2D eigenvalue weighted by molar-refractivity contribution is 0.384. The SMILES string of the molecule is CNC(c1ccc(OC)c(F)c1)C1CCc2ccccc21. The summed E-state index contributed by atoms with van der Waals surface area (Å²) in [5.41, 5.74) is 3.77. The van der Waals surface area contributed by atoms with Gasteiger partial charge in [-0.1, -0.05) is 30.3 Å². The second-order valence-electron chi connectivity index (χ2n) is 5.50. The Morgan fingerprint density at radius 2 is 2.05 bits per heavy atom. The number of hydrogen-bond donors (Lipinski definition) is 1. The smallest absolute Gasteiger partial charge is 0.165 e. The van der Waals surface area contributed by atoms with Crippen LogP contribution in [0.3, 0.4) is 0 Å². The second kappa shape index (κ2) is 5.86. The maximum atomic E-state index is 14.0. The number of ether oxygens (including phenoxy) is 1. The number of nitrogens with one attached hydrogen (secondary N) is 1. The minimum atomic E-state index is -0.304. The maximum absolute atomic E-state index is 14.0. The first-order valence-corrected chi connectivity index (χ1v) is 7.33. The van der Waals surface area contributed by atoms with Gasteiger partial charge in [0.1, 0.15) is 0 Å². The summed E-state index contributed by atoms with van der Waals surface area (Å²) in [5.74, 6) is 0.376. The third kappa shape index (κ3) is 2.54. The van der Waals surface area contributed by atoms with Crippen LogP contribution in [0.2, 0.25) is 0 Å². The highest BCUT2D eigenvalue weighted by atomic mass is 19.1. The zero-order chi connectivity index (χ0) is 14.8. The zero-order valence-electron chi connectivity index (χ0n) is 12.4. The molecule has 21 heavy (non-hydrogen) atoms. The summed E-state index contributed by atoms with van der Waals surface area (Å²) in [6.07, 6.45) is 2.19. The van der Waals surface area contributed by atoms with Gasteiger partial charge >= 0.3 is 0 Å². The molecule has 1 N–H and O–H groups in total. The lowest BCUT2D eigenvalue weighted by Gasteiger charge is -2.25. The number of methoxy groups -OCH3 is 1. The fourth-order valence-corrected chi connectivity index (χ4v) is 3.41. The van der Waals surface area contributed by atoms with Gasteiger partial charge in [0.25, 0.3) is 0 Å². The van der Waals surface area contributed by atoms with E-state index >= 15 is 0 Å². The fourth-order valence-electron chi connectivity index (χ4n) is 3.41. The molecule has 3 heteroatoms. The normalized spacial score (nSPS) is 18.3. The number of hydrogen-bond acceptors (Lipinski definition) is 2. The summed E-state index contributed by atoms with van der Waals surface area (Å²) in [5, 5.41) is 3.36. The predicted octanol–water partition coefficient (Wildman–Crippen LogP) is 3.82. The van der Waals surface area contributed by atoms with E-state index in [1.54, 1.807) is 12.1 Å². The van der Waals surface area contributed by atoms with Gasteiger partial charge in [0.15, 0.2) is 11.6 Å². The van der Waals surface area contributed by atoms with Crippen LogP contribution in [-0.2, 0) is 6.42 Å². The monoisotopic (exact) mass is 285 g/mol. The molecule has 2 nitrogen and oxygen atoms in total. The Kier molecular flexibility index (Phi) is 3.93. The van der Waals surface area contributed by atoms with Crippen molar-refractivity contribution in [2.75, 3.05) is 14.2 Å². The quantitative estimate of drug-likeness (QED) is 0.922. The van der Waals surface area contributed by atoms with E-state index in [2.05, 4.69) is 29.6 Å². The molecule has 0 spiro atoms. The Morgan fingerprint density at radius 1 is 1.24 bits per heavy atom. The van der Waals surface area contributed by atoms with E-state index in [1.165, 1.54) is 18.2 Å². The molecule has 0 saturated heterocycles. The lowest BCUT2D eigenvalue weighted by atomic mass is 9.88. The molecule has 0 aliphatic heterocycles. The number of benzene rings is 2. The molecule has 1 aliphatic rings. The molecule has 0 heterocycles. The van der Waals surface area contributed by atoms with E-state index in [1.807, 2.05) is 13.1 Å². The van der Waals surface area contributed by atoms with Crippen molar-refractivity contribution in [3.63, 3.8) is 0 Å². The van der Waals surface area contributed by atoms with Crippen molar-refractivity contribution in [3.8, 4) is 5.75 Å². The molecule has 2 aromatic rings. The van der Waals surface area contributed by atoms with Gasteiger partial charge in [-0.15, -0.1) is 0 Å². The zero-order valence-corrected chi connectivity index (χ0v) is 12.4. The molecule has 2 atom stereocenters. The van der Waals surface area contributed by atoms with E-state index in [4.69, 9.17) is 4.74 Å². The molecule has 0 fully saturated rings. The summed E-state index contributed by atoms with van der Waals surface area (Å²) >= 11 is 0. The highest BCUT2D eigenvalue weighted by Gasteiger charge is 2.30. The first kappa shape index (κ1) is 14.1. The Labute approximate surface area is 125 Å². The lowest BCUT2D eigenvalue weighted by Crippen LogP contribution is -2.22.